The fourth-order valence-corrected chi connectivity index (χ4v) is 16.6. The number of halogens is 14. The zero-order valence-corrected chi connectivity index (χ0v) is 89.6. The first-order valence-electron chi connectivity index (χ1n) is 43.7. The Bertz CT molecular complexity index is 6520. The number of benzene rings is 2. The molecule has 8 N–H and O–H groups in total. The molecule has 62 heteroatoms. The number of piperidine rings is 4. The number of aliphatic carboxylic acids is 2. The summed E-state index contributed by atoms with van der Waals surface area (Å²) in [5.74, 6) is -0.447. The number of nitrogens with zero attached hydrogens (tertiary/aromatic N) is 19. The van der Waals surface area contributed by atoms with Gasteiger partial charge in [-0.15, -0.1) is 24.8 Å². The van der Waals surface area contributed by atoms with Crippen LogP contribution in [0.5, 0.6) is 0 Å². The summed E-state index contributed by atoms with van der Waals surface area (Å²) in [6.07, 6.45) is -3.41. The molecule has 0 radical (unpaired) electrons. The summed E-state index contributed by atoms with van der Waals surface area (Å²) in [7, 11) is 3.26. The predicted octanol–water partition coefficient (Wildman–Crippen LogP) is 12.9. The van der Waals surface area contributed by atoms with Gasteiger partial charge in [-0.1, -0.05) is 19.6 Å². The molecule has 2 aromatic carbocycles. The maximum absolute atomic E-state index is 13.5. The van der Waals surface area contributed by atoms with E-state index >= 15 is 0 Å². The van der Waals surface area contributed by atoms with Crippen molar-refractivity contribution in [3.05, 3.63) is 133 Å². The van der Waals surface area contributed by atoms with Crippen LogP contribution in [0.4, 0.5) is 85.5 Å². The molecular formula is C87H104Cl2F12N24O14S10. The van der Waals surface area contributed by atoms with E-state index in [0.29, 0.717) is 80.2 Å². The van der Waals surface area contributed by atoms with Gasteiger partial charge in [-0.25, -0.2) is 34.3 Å². The van der Waals surface area contributed by atoms with E-state index in [0.717, 1.165) is 85.1 Å². The van der Waals surface area contributed by atoms with E-state index in [2.05, 4.69) is 139 Å². The first-order valence-corrected chi connectivity index (χ1v) is 51.7. The molecule has 814 valence electrons. The van der Waals surface area contributed by atoms with Gasteiger partial charge in [0, 0.05) is 217 Å². The topological polar surface area (TPSA) is 472 Å². The smallest absolute Gasteiger partial charge is 0.411 e. The van der Waals surface area contributed by atoms with Crippen LogP contribution in [0.1, 0.15) is 121 Å². The number of rotatable bonds is 19. The third kappa shape index (κ3) is 37.2. The normalized spacial score (nSPS) is 19.8. The minimum atomic E-state index is -4.45. The first kappa shape index (κ1) is 127. The third-order valence-corrected chi connectivity index (χ3v) is 25.0. The molecule has 0 bridgehead atoms. The zero-order valence-electron chi connectivity index (χ0n) is 79.6. The lowest BCUT2D eigenvalue weighted by molar-refractivity contribution is -0.143. The Balaban J connectivity index is 0.000000278. The molecule has 8 fully saturated rings. The van der Waals surface area contributed by atoms with E-state index in [4.69, 9.17) is 25.4 Å². The lowest BCUT2D eigenvalue weighted by Gasteiger charge is -2.29. The van der Waals surface area contributed by atoms with E-state index in [9.17, 15) is 101 Å². The number of ketones is 2. The van der Waals surface area contributed by atoms with Crippen molar-refractivity contribution in [3.8, 4) is 22.3 Å². The number of hydrogen-bond donors (Lipinski definition) is 7. The molecule has 38 nitrogen and oxygen atoms in total. The second-order valence-corrected chi connectivity index (χ2v) is 41.6. The Kier molecular flexibility index (Phi) is 45.7. The molecule has 12 atom stereocenters. The SMILES string of the molecule is C.CC(=O)c1nn(CC(=O)N2C[C@H]3C[C@H]3[C@H]2C(=O)Nc2ccn(CC(F)(F)F)n2)c2ccc(-c3cnc(C)nc3)cc12.CC(=O)c1nn(CC(=O)O)c2ccc(-c3cnc(C)nc3)cc12.CC(C)(C)OC(=O)N1C[C@H]2C[C@H]2[C@H]1C(=O)Nc1ccn(CC(F)(F)F)n1.CC(C)(C)OC(=O)N1C[C@H]2C[C@H]2[C@H]1C(=O)O.Cl.Cl.Nc1ccn(CC(F)(F)F)n1.O=C(Nc1ccn(CC(F)(F)F)n1)[C@H]1NC[C@H]2C[C@H]21.S.S=S.S=S=S.S=S=S=S. The maximum atomic E-state index is 13.5. The standard InChI is InChI=1S/C27H25F3N8O3.C16H21F3N4O3.C16H14N4O3.C11H13F3N4O.C11H17NO4.C5H6F3N3.CH4.2ClH.S4.S3.S2.H2S/c1-14(39)24-20-7-16(18-9-31-15(2)32-10-18)3-4-21(20)38(35-24)12-23(40)37-11-17-8-19(17)25(37)26(41)33-22-5-6-36(34-22)13-27(28,29)30;1-15(2,3)26-14(25)23-7-9-6-10(9)12(23)13(24)20-11-4-5-22(21-11)8-16(17,18)19;1-9(21)16-13-5-11(12-6-17-10(2)18-7-12)3-4-14(13)20(19-16)8-15(22)23;12-11(13,14)5-18-2-1-8(17-18)16-10(19)9-7-3-6(7)4-15-9;1-11(2,3)16-10(15)12-5-6-4-7(6)8(12)9(13)14;6-5(7,8)3-11-2-1-4(9)10-11;;;;1-3-4-2;1-3-2;1-2;/h3-7,9-10,17,19,25H,8,11-13H2,1-2H3,(H,33,34,41);4-5,9-10,12H,6-8H2,1-3H3,(H,20,21,24);3-7H,8H2,1-2H3,(H,22,23);1-2,6-7,9,15H,3-5H2,(H,16,17,19);6-8H,4-5H2,1-3H3,(H,13,14);1-2H,3H2,(H2,9,10);1H4;2*1H;;;;1H2/t17-,19-,25+;9-,10-,12+;;6-,7-,9+;6-,7-,8+;;;;;;;;/m11.11......../s1. The highest BCUT2D eigenvalue weighted by atomic mass is 35.5. The average Bonchev–Trinajstić information content (AvgIpc) is 1.57. The van der Waals surface area contributed by atoms with E-state index in [1.54, 1.807) is 92.3 Å². The highest BCUT2D eigenvalue weighted by Crippen LogP contribution is 2.53. The fraction of sp³-hybridized carbons (Fsp3) is 0.494. The van der Waals surface area contributed by atoms with Crippen LogP contribution >= 0.6 is 38.3 Å². The monoisotopic (exact) mass is 2330 g/mol. The number of fused-ring (bicyclic) bond motifs is 6. The lowest BCUT2D eigenvalue weighted by Crippen LogP contribution is -2.47. The van der Waals surface area contributed by atoms with Crippen LogP contribution in [0.15, 0.2) is 110 Å². The molecule has 6 amide bonds. The number of amides is 6. The molecule has 4 aliphatic heterocycles. The number of carboxylic acid groups (broad SMARTS) is 2. The second kappa shape index (κ2) is 53.8. The number of nitrogens with one attached hydrogen (secondary N) is 4. The highest BCUT2D eigenvalue weighted by Gasteiger charge is 2.60. The van der Waals surface area contributed by atoms with Crippen molar-refractivity contribution in [3.63, 3.8) is 0 Å². The molecule has 12 heterocycles. The summed E-state index contributed by atoms with van der Waals surface area (Å²) in [5, 5.41) is 53.1. The van der Waals surface area contributed by atoms with Crippen molar-refractivity contribution >= 4 is 236 Å². The van der Waals surface area contributed by atoms with E-state index in [-0.39, 0.29) is 152 Å². The predicted molar refractivity (Wildman–Crippen MR) is 555 cm³/mol. The van der Waals surface area contributed by atoms with Gasteiger partial charge in [0.05, 0.1) is 17.1 Å². The van der Waals surface area contributed by atoms with Crippen LogP contribution in [-0.2, 0) is 171 Å². The fourth-order valence-electron chi connectivity index (χ4n) is 16.6. The van der Waals surface area contributed by atoms with Crippen molar-refractivity contribution in [2.24, 2.45) is 47.3 Å². The molecule has 18 rings (SSSR count). The van der Waals surface area contributed by atoms with E-state index in [1.165, 1.54) is 92.3 Å². The van der Waals surface area contributed by atoms with Gasteiger partial charge in [0.15, 0.2) is 29.0 Å². The molecule has 8 aromatic heterocycles. The summed E-state index contributed by atoms with van der Waals surface area (Å²) < 4.78 is 163. The number of hydrogen-bond acceptors (Lipinski definition) is 30. The lowest BCUT2D eigenvalue weighted by atomic mass is 10.0. The summed E-state index contributed by atoms with van der Waals surface area (Å²) >= 11 is 24.2. The summed E-state index contributed by atoms with van der Waals surface area (Å²) in [6.45, 7) is 13.9. The van der Waals surface area contributed by atoms with Gasteiger partial charge in [0.2, 0.25) is 23.6 Å². The molecule has 4 saturated heterocycles. The van der Waals surface area contributed by atoms with Gasteiger partial charge in [0.1, 0.15) is 97.5 Å². The molecule has 10 aromatic rings. The average molecular weight is 2330 g/mol. The van der Waals surface area contributed by atoms with Crippen molar-refractivity contribution < 1.29 is 120 Å². The molecule has 8 aliphatic rings. The Morgan fingerprint density at radius 1 is 0.463 bits per heavy atom. The summed E-state index contributed by atoms with van der Waals surface area (Å²) in [5.41, 5.74) is 8.73. The molecule has 0 spiro atoms. The number of carbonyl (C=O) groups excluding carboxylic acids is 8. The van der Waals surface area contributed by atoms with Gasteiger partial charge >= 0.3 is 48.8 Å². The molecule has 4 aliphatic carbocycles. The number of nitrogen functional groups attached to an aromatic ring is 1. The van der Waals surface area contributed by atoms with Gasteiger partial charge < -0.3 is 51.6 Å². The summed E-state index contributed by atoms with van der Waals surface area (Å²) in [4.78, 5) is 143. The van der Waals surface area contributed by atoms with Crippen molar-refractivity contribution in [2.75, 3.05) is 47.9 Å². The number of carbonyl (C=O) groups is 10. The second-order valence-electron chi connectivity index (χ2n) is 36.3. The Morgan fingerprint density at radius 3 is 1.11 bits per heavy atom. The zero-order chi connectivity index (χ0) is 107. The summed E-state index contributed by atoms with van der Waals surface area (Å²) in [6, 6.07) is 13.7. The van der Waals surface area contributed by atoms with E-state index < -0.39 is 116 Å². The van der Waals surface area contributed by atoms with Crippen molar-refractivity contribution in [2.45, 2.75) is 202 Å². The minimum Gasteiger partial charge on any atom is -0.480 e. The Morgan fingerprint density at radius 2 is 0.792 bits per heavy atom. The maximum Gasteiger partial charge on any atom is 0.411 e. The largest absolute Gasteiger partial charge is 0.480 e. The van der Waals surface area contributed by atoms with Crippen LogP contribution in [0.25, 0.3) is 44.1 Å². The van der Waals surface area contributed by atoms with Crippen LogP contribution in [-0.4, -0.2) is 249 Å². The van der Waals surface area contributed by atoms with Gasteiger partial charge in [-0.05, 0) is 176 Å². The Hall–Kier alpha value is -11.1. The first-order chi connectivity index (χ1) is 67.9. The van der Waals surface area contributed by atoms with Crippen LogP contribution in [0.2, 0.25) is 0 Å². The molecule has 0 unspecified atom stereocenters. The van der Waals surface area contributed by atoms with Gasteiger partial charge in [-0.2, -0.15) is 96.8 Å². The number of likely N-dealkylation sites (tertiary alicyclic amines) is 3. The van der Waals surface area contributed by atoms with E-state index in [1.807, 2.05) is 24.3 Å². The number of ether oxygens (including phenoxy) is 2. The number of aromatic nitrogens is 16. The number of aryl methyl sites for hydroxylation is 2. The van der Waals surface area contributed by atoms with Crippen molar-refractivity contribution in [1.29, 1.82) is 0 Å². The number of carboxylic acids is 2. The Labute approximate surface area is 901 Å². The van der Waals surface area contributed by atoms with Crippen molar-refractivity contribution in [1.82, 2.24) is 98.6 Å². The molecular weight excluding hydrogens is 2220 g/mol. The number of Topliss-reactive ketones (excluding diaryl/α,β-unsaturated/α-hetero) is 2. The minimum absolute atomic E-state index is 0. The quantitative estimate of drug-likeness (QED) is 0.0292. The van der Waals surface area contributed by atoms with Gasteiger partial charge in [0.25, 0.3) is 0 Å². The van der Waals surface area contributed by atoms with Crippen LogP contribution < -0.4 is 27.0 Å². The number of anilines is 4. The molecule has 149 heavy (non-hydrogen) atoms. The van der Waals surface area contributed by atoms with Crippen LogP contribution in [0.3, 0.4) is 0 Å². The highest BCUT2D eigenvalue weighted by molar-refractivity contribution is 8.51. The van der Waals surface area contributed by atoms with Crippen LogP contribution in [0, 0.1) is 61.2 Å². The number of alkyl halides is 12. The third-order valence-electron chi connectivity index (χ3n) is 22.8. The van der Waals surface area contributed by atoms with Gasteiger partial charge in [-0.3, -0.25) is 71.5 Å². The molecule has 4 saturated carbocycles. The number of nitrogens with two attached hydrogens (primary N) is 1.